The van der Waals surface area contributed by atoms with Crippen LogP contribution in [0.4, 0.5) is 0 Å². The van der Waals surface area contributed by atoms with Crippen LogP contribution in [0.15, 0.2) is 0 Å². The molecule has 0 radical (unpaired) electrons. The predicted molar refractivity (Wildman–Crippen MR) is 42.0 cm³/mol. The Balaban J connectivity index is 2.03. The molecule has 0 saturated carbocycles. The topological polar surface area (TPSA) is 24.1 Å². The third-order valence-corrected chi connectivity index (χ3v) is 3.25. The van der Waals surface area contributed by atoms with E-state index in [0.29, 0.717) is 5.41 Å². The number of rotatable bonds is 0. The quantitative estimate of drug-likeness (QED) is 0.502. The molecule has 0 unspecified atom stereocenters. The van der Waals surface area contributed by atoms with Gasteiger partial charge in [-0.1, -0.05) is 6.92 Å². The first kappa shape index (κ1) is 6.62. The van der Waals surface area contributed by atoms with E-state index < -0.39 is 0 Å². The van der Waals surface area contributed by atoms with E-state index in [1.165, 1.54) is 32.6 Å². The highest BCUT2D eigenvalue weighted by Crippen LogP contribution is 2.36. The Morgan fingerprint density at radius 3 is 2.50 bits per heavy atom. The van der Waals surface area contributed by atoms with Gasteiger partial charge in [-0.3, -0.25) is 0 Å². The zero-order valence-corrected chi connectivity index (χ0v) is 6.61. The van der Waals surface area contributed by atoms with Crippen molar-refractivity contribution in [2.24, 2.45) is 11.3 Å². The highest BCUT2D eigenvalue weighted by atomic mass is 15.0. The fourth-order valence-corrected chi connectivity index (χ4v) is 2.09. The lowest BCUT2D eigenvalue weighted by Crippen LogP contribution is -2.61. The maximum Gasteiger partial charge on any atom is 0.00237 e. The summed E-state index contributed by atoms with van der Waals surface area (Å²) in [6.45, 7) is 7.34. The Kier molecular flexibility index (Phi) is 1.46. The van der Waals surface area contributed by atoms with E-state index in [-0.39, 0.29) is 0 Å². The van der Waals surface area contributed by atoms with Crippen LogP contribution in [0.1, 0.15) is 13.3 Å². The number of piperidine rings is 1. The van der Waals surface area contributed by atoms with Crippen molar-refractivity contribution in [3.63, 3.8) is 0 Å². The second-order valence-electron chi connectivity index (χ2n) is 3.82. The Bertz CT molecular complexity index is 129. The second-order valence-corrected chi connectivity index (χ2v) is 3.82. The molecule has 0 aromatic rings. The summed E-state index contributed by atoms with van der Waals surface area (Å²) in [7, 11) is 0. The lowest BCUT2D eigenvalue weighted by Gasteiger charge is -2.50. The van der Waals surface area contributed by atoms with E-state index in [0.717, 1.165) is 5.92 Å². The molecule has 2 heteroatoms. The number of hydrogen-bond donors (Lipinski definition) is 2. The van der Waals surface area contributed by atoms with E-state index in [2.05, 4.69) is 17.6 Å². The second kappa shape index (κ2) is 2.21. The zero-order valence-electron chi connectivity index (χ0n) is 6.61. The smallest absolute Gasteiger partial charge is 0.00237 e. The summed E-state index contributed by atoms with van der Waals surface area (Å²) in [5.41, 5.74) is 0.686. The molecule has 2 rings (SSSR count). The molecule has 1 spiro atoms. The Labute approximate surface area is 62.4 Å². The van der Waals surface area contributed by atoms with Crippen molar-refractivity contribution in [2.45, 2.75) is 13.3 Å². The van der Waals surface area contributed by atoms with E-state index in [4.69, 9.17) is 0 Å². The van der Waals surface area contributed by atoms with Gasteiger partial charge in [0.2, 0.25) is 0 Å². The SMILES string of the molecule is C[C@@H]1CNCCC12CNC2. The molecule has 58 valence electrons. The summed E-state index contributed by atoms with van der Waals surface area (Å²) in [5, 5.41) is 6.80. The van der Waals surface area contributed by atoms with Gasteiger partial charge < -0.3 is 10.6 Å². The molecule has 0 aromatic carbocycles. The molecular formula is C8H16N2. The van der Waals surface area contributed by atoms with Gasteiger partial charge in [0.15, 0.2) is 0 Å². The van der Waals surface area contributed by atoms with Gasteiger partial charge in [0.1, 0.15) is 0 Å². The molecule has 2 aliphatic rings. The largest absolute Gasteiger partial charge is 0.316 e. The maximum absolute atomic E-state index is 3.43. The van der Waals surface area contributed by atoms with Crippen molar-refractivity contribution >= 4 is 0 Å². The summed E-state index contributed by atoms with van der Waals surface area (Å²) in [6, 6.07) is 0. The van der Waals surface area contributed by atoms with Crippen LogP contribution in [0.2, 0.25) is 0 Å². The Morgan fingerprint density at radius 2 is 2.10 bits per heavy atom. The molecule has 0 aliphatic carbocycles. The summed E-state index contributed by atoms with van der Waals surface area (Å²) in [4.78, 5) is 0. The minimum absolute atomic E-state index is 0.686. The minimum Gasteiger partial charge on any atom is -0.316 e. The molecular weight excluding hydrogens is 124 g/mol. The van der Waals surface area contributed by atoms with Crippen LogP contribution < -0.4 is 10.6 Å². The van der Waals surface area contributed by atoms with Crippen LogP contribution in [0.3, 0.4) is 0 Å². The number of nitrogens with one attached hydrogen (secondary N) is 2. The highest BCUT2D eigenvalue weighted by Gasteiger charge is 2.42. The summed E-state index contributed by atoms with van der Waals surface area (Å²) in [5.74, 6) is 0.877. The van der Waals surface area contributed by atoms with Crippen LogP contribution in [0, 0.1) is 11.3 Å². The Morgan fingerprint density at radius 1 is 1.30 bits per heavy atom. The zero-order chi connectivity index (χ0) is 7.03. The molecule has 10 heavy (non-hydrogen) atoms. The van der Waals surface area contributed by atoms with E-state index in [1.807, 2.05) is 0 Å². The molecule has 2 fully saturated rings. The van der Waals surface area contributed by atoms with Crippen molar-refractivity contribution in [1.82, 2.24) is 10.6 Å². The van der Waals surface area contributed by atoms with E-state index in [9.17, 15) is 0 Å². The molecule has 2 heterocycles. The van der Waals surface area contributed by atoms with Crippen molar-refractivity contribution < 1.29 is 0 Å². The van der Waals surface area contributed by atoms with Gasteiger partial charge in [-0.25, -0.2) is 0 Å². The predicted octanol–water partition coefficient (Wildman–Crippen LogP) is 0.205. The molecule has 2 saturated heterocycles. The van der Waals surface area contributed by atoms with Gasteiger partial charge >= 0.3 is 0 Å². The van der Waals surface area contributed by atoms with Crippen LogP contribution in [-0.2, 0) is 0 Å². The van der Waals surface area contributed by atoms with Crippen molar-refractivity contribution in [3.8, 4) is 0 Å². The molecule has 0 aromatic heterocycles. The van der Waals surface area contributed by atoms with Gasteiger partial charge in [-0.05, 0) is 25.4 Å². The van der Waals surface area contributed by atoms with E-state index >= 15 is 0 Å². The summed E-state index contributed by atoms with van der Waals surface area (Å²) >= 11 is 0. The average Bonchev–Trinajstić information content (AvgIpc) is 1.85. The fraction of sp³-hybridized carbons (Fsp3) is 1.00. The van der Waals surface area contributed by atoms with Gasteiger partial charge in [-0.2, -0.15) is 0 Å². The standard InChI is InChI=1S/C8H16N2/c1-7-4-9-3-2-8(7)5-10-6-8/h7,9-10H,2-6H2,1H3/t7-/m1/s1. The molecule has 1 atom stereocenters. The molecule has 2 aliphatic heterocycles. The van der Waals surface area contributed by atoms with Crippen LogP contribution in [0.5, 0.6) is 0 Å². The first-order valence-corrected chi connectivity index (χ1v) is 4.25. The van der Waals surface area contributed by atoms with Gasteiger partial charge in [0, 0.05) is 18.5 Å². The average molecular weight is 140 g/mol. The summed E-state index contributed by atoms with van der Waals surface area (Å²) in [6.07, 6.45) is 1.38. The van der Waals surface area contributed by atoms with Crippen molar-refractivity contribution in [1.29, 1.82) is 0 Å². The van der Waals surface area contributed by atoms with Crippen molar-refractivity contribution in [2.75, 3.05) is 26.2 Å². The lowest BCUT2D eigenvalue weighted by molar-refractivity contribution is 0.0543. The van der Waals surface area contributed by atoms with Gasteiger partial charge in [0.05, 0.1) is 0 Å². The normalized spacial score (nSPS) is 37.5. The monoisotopic (exact) mass is 140 g/mol. The van der Waals surface area contributed by atoms with E-state index in [1.54, 1.807) is 0 Å². The molecule has 2 N–H and O–H groups in total. The fourth-order valence-electron chi connectivity index (χ4n) is 2.09. The van der Waals surface area contributed by atoms with Crippen LogP contribution >= 0.6 is 0 Å². The molecule has 2 nitrogen and oxygen atoms in total. The Hall–Kier alpha value is -0.0800. The van der Waals surface area contributed by atoms with Crippen LogP contribution in [0.25, 0.3) is 0 Å². The molecule has 0 bridgehead atoms. The third kappa shape index (κ3) is 0.789. The number of hydrogen-bond acceptors (Lipinski definition) is 2. The lowest BCUT2D eigenvalue weighted by atomic mass is 9.67. The van der Waals surface area contributed by atoms with Gasteiger partial charge in [-0.15, -0.1) is 0 Å². The maximum atomic E-state index is 3.43. The van der Waals surface area contributed by atoms with Gasteiger partial charge in [0.25, 0.3) is 0 Å². The summed E-state index contributed by atoms with van der Waals surface area (Å²) < 4.78 is 0. The first-order valence-electron chi connectivity index (χ1n) is 4.25. The first-order chi connectivity index (χ1) is 4.83. The van der Waals surface area contributed by atoms with Crippen molar-refractivity contribution in [3.05, 3.63) is 0 Å². The minimum atomic E-state index is 0.686. The molecule has 0 amide bonds. The van der Waals surface area contributed by atoms with Crippen LogP contribution in [-0.4, -0.2) is 26.2 Å². The third-order valence-electron chi connectivity index (χ3n) is 3.25. The highest BCUT2D eigenvalue weighted by molar-refractivity contribution is 4.98.